The Hall–Kier alpha value is -4.00. The second-order valence-corrected chi connectivity index (χ2v) is 6.90. The van der Waals surface area contributed by atoms with Gasteiger partial charge in [-0.2, -0.15) is 5.10 Å². The van der Waals surface area contributed by atoms with Gasteiger partial charge in [0.05, 0.1) is 11.9 Å². The van der Waals surface area contributed by atoms with E-state index in [4.69, 9.17) is 0 Å². The monoisotopic (exact) mass is 382 g/mol. The number of nitrogens with zero attached hydrogens (tertiary/aromatic N) is 4. The number of benzene rings is 2. The minimum absolute atomic E-state index is 0.135. The number of fused-ring (bicyclic) bond motifs is 2. The number of carbonyl (C=O) groups excluding carboxylic acids is 1. The number of anilines is 1. The van der Waals surface area contributed by atoms with Gasteiger partial charge < -0.3 is 10.3 Å². The smallest absolute Gasteiger partial charge is 0.248 e. The van der Waals surface area contributed by atoms with E-state index >= 15 is 0 Å². The van der Waals surface area contributed by atoms with Crippen molar-refractivity contribution in [2.45, 2.75) is 13.0 Å². The molecule has 0 aliphatic rings. The van der Waals surface area contributed by atoms with Crippen LogP contribution < -0.4 is 5.32 Å². The van der Waals surface area contributed by atoms with E-state index in [2.05, 4.69) is 25.4 Å². The van der Waals surface area contributed by atoms with Crippen molar-refractivity contribution in [1.82, 2.24) is 24.7 Å². The van der Waals surface area contributed by atoms with Crippen LogP contribution in [0.25, 0.3) is 33.1 Å². The van der Waals surface area contributed by atoms with Gasteiger partial charge in [-0.15, -0.1) is 0 Å². The molecule has 1 amide bonds. The number of aromatic amines is 1. The summed E-state index contributed by atoms with van der Waals surface area (Å²) in [5, 5.41) is 10.5. The Morgan fingerprint density at radius 3 is 2.86 bits per heavy atom. The van der Waals surface area contributed by atoms with Crippen molar-refractivity contribution in [3.63, 3.8) is 0 Å². The predicted octanol–water partition coefficient (Wildman–Crippen LogP) is 4.17. The summed E-state index contributed by atoms with van der Waals surface area (Å²) < 4.78 is 1.65. The Labute approximate surface area is 166 Å². The lowest BCUT2D eigenvalue weighted by molar-refractivity contribution is -0.119. The van der Waals surface area contributed by atoms with Crippen molar-refractivity contribution in [3.8, 4) is 11.3 Å². The third-order valence-electron chi connectivity index (χ3n) is 5.02. The lowest BCUT2D eigenvalue weighted by atomic mass is 10.1. The van der Waals surface area contributed by atoms with Crippen LogP contribution in [0.15, 0.2) is 73.4 Å². The highest BCUT2D eigenvalue weighted by Gasteiger charge is 2.18. The fraction of sp³-hybridized carbons (Fsp3) is 0.0909. The zero-order chi connectivity index (χ0) is 19.8. The van der Waals surface area contributed by atoms with Gasteiger partial charge in [0, 0.05) is 29.0 Å². The molecule has 0 aliphatic heterocycles. The van der Waals surface area contributed by atoms with Crippen LogP contribution in [0.3, 0.4) is 0 Å². The molecule has 3 heterocycles. The Morgan fingerprint density at radius 1 is 1.10 bits per heavy atom. The Balaban J connectivity index is 1.38. The summed E-state index contributed by atoms with van der Waals surface area (Å²) in [7, 11) is 0. The summed E-state index contributed by atoms with van der Waals surface area (Å²) in [5.41, 5.74) is 3.15. The molecule has 7 nitrogen and oxygen atoms in total. The second-order valence-electron chi connectivity index (χ2n) is 6.90. The van der Waals surface area contributed by atoms with Crippen LogP contribution in [0.2, 0.25) is 0 Å². The molecule has 0 spiro atoms. The highest BCUT2D eigenvalue weighted by atomic mass is 16.2. The molecule has 142 valence electrons. The number of H-pyrrole nitrogens is 1. The van der Waals surface area contributed by atoms with Crippen LogP contribution in [0, 0.1) is 0 Å². The van der Waals surface area contributed by atoms with Crippen molar-refractivity contribution in [3.05, 3.63) is 73.4 Å². The molecule has 0 radical (unpaired) electrons. The van der Waals surface area contributed by atoms with E-state index in [-0.39, 0.29) is 5.91 Å². The molecule has 29 heavy (non-hydrogen) atoms. The first-order valence-electron chi connectivity index (χ1n) is 9.31. The fourth-order valence-electron chi connectivity index (χ4n) is 3.41. The number of nitrogens with one attached hydrogen (secondary N) is 2. The molecule has 3 aromatic heterocycles. The number of hydrogen-bond acceptors (Lipinski definition) is 4. The van der Waals surface area contributed by atoms with Crippen molar-refractivity contribution >= 4 is 33.4 Å². The van der Waals surface area contributed by atoms with Crippen molar-refractivity contribution in [2.75, 3.05) is 5.32 Å². The number of amides is 1. The third kappa shape index (κ3) is 3.12. The molecule has 0 bridgehead atoms. The molecular weight excluding hydrogens is 364 g/mol. The maximum atomic E-state index is 12.8. The molecule has 0 fully saturated rings. The van der Waals surface area contributed by atoms with Gasteiger partial charge in [-0.3, -0.25) is 9.48 Å². The van der Waals surface area contributed by atoms with Gasteiger partial charge in [0.15, 0.2) is 0 Å². The SMILES string of the molecule is CC(C(=O)Nc1ccc2ccccc2c1)n1cc(-c2ncnc3[nH]ccc23)cn1. The van der Waals surface area contributed by atoms with Crippen LogP contribution in [0.1, 0.15) is 13.0 Å². The molecule has 2 N–H and O–H groups in total. The molecule has 0 saturated heterocycles. The minimum atomic E-state index is -0.473. The first-order valence-corrected chi connectivity index (χ1v) is 9.31. The lowest BCUT2D eigenvalue weighted by Crippen LogP contribution is -2.23. The van der Waals surface area contributed by atoms with Crippen molar-refractivity contribution in [1.29, 1.82) is 0 Å². The molecule has 5 aromatic rings. The van der Waals surface area contributed by atoms with E-state index in [0.29, 0.717) is 0 Å². The Morgan fingerprint density at radius 2 is 1.97 bits per heavy atom. The van der Waals surface area contributed by atoms with Crippen molar-refractivity contribution < 1.29 is 4.79 Å². The second kappa shape index (κ2) is 6.87. The first kappa shape index (κ1) is 17.1. The largest absolute Gasteiger partial charge is 0.346 e. The van der Waals surface area contributed by atoms with E-state index in [0.717, 1.165) is 38.8 Å². The number of carbonyl (C=O) groups is 1. The summed E-state index contributed by atoms with van der Waals surface area (Å²) in [6.45, 7) is 1.82. The molecule has 1 unspecified atom stereocenters. The van der Waals surface area contributed by atoms with Crippen LogP contribution in [-0.4, -0.2) is 30.6 Å². The third-order valence-corrected chi connectivity index (χ3v) is 5.02. The Kier molecular flexibility index (Phi) is 4.05. The van der Waals surface area contributed by atoms with E-state index < -0.39 is 6.04 Å². The zero-order valence-electron chi connectivity index (χ0n) is 15.7. The van der Waals surface area contributed by atoms with Gasteiger partial charge in [0.2, 0.25) is 5.91 Å². The van der Waals surface area contributed by atoms with Gasteiger partial charge in [0.1, 0.15) is 18.0 Å². The fourth-order valence-corrected chi connectivity index (χ4v) is 3.41. The molecule has 2 aromatic carbocycles. The van der Waals surface area contributed by atoms with Crippen LogP contribution >= 0.6 is 0 Å². The number of rotatable bonds is 4. The normalized spacial score (nSPS) is 12.3. The molecule has 7 heteroatoms. The Bertz CT molecular complexity index is 1340. The molecule has 1 atom stereocenters. The summed E-state index contributed by atoms with van der Waals surface area (Å²) in [6.07, 6.45) is 6.89. The van der Waals surface area contributed by atoms with E-state index in [1.54, 1.807) is 10.9 Å². The van der Waals surface area contributed by atoms with Crippen LogP contribution in [0.5, 0.6) is 0 Å². The minimum Gasteiger partial charge on any atom is -0.346 e. The van der Waals surface area contributed by atoms with Crippen LogP contribution in [0.4, 0.5) is 5.69 Å². The van der Waals surface area contributed by atoms with E-state index in [1.165, 1.54) is 6.33 Å². The van der Waals surface area contributed by atoms with Gasteiger partial charge in [0.25, 0.3) is 0 Å². The molecular formula is C22H18N6O. The maximum absolute atomic E-state index is 12.8. The molecule has 0 saturated carbocycles. The summed E-state index contributed by atoms with van der Waals surface area (Å²) in [5.74, 6) is -0.135. The summed E-state index contributed by atoms with van der Waals surface area (Å²) >= 11 is 0. The van der Waals surface area contributed by atoms with Crippen molar-refractivity contribution in [2.24, 2.45) is 0 Å². The summed E-state index contributed by atoms with van der Waals surface area (Å²) in [4.78, 5) is 24.4. The predicted molar refractivity (Wildman–Crippen MR) is 112 cm³/mol. The highest BCUT2D eigenvalue weighted by Crippen LogP contribution is 2.25. The van der Waals surface area contributed by atoms with Gasteiger partial charge in [-0.1, -0.05) is 30.3 Å². The average molecular weight is 382 g/mol. The lowest BCUT2D eigenvalue weighted by Gasteiger charge is -2.13. The number of hydrogen-bond donors (Lipinski definition) is 2. The number of aromatic nitrogens is 5. The van der Waals surface area contributed by atoms with Gasteiger partial charge in [-0.25, -0.2) is 9.97 Å². The van der Waals surface area contributed by atoms with E-state index in [9.17, 15) is 4.79 Å². The van der Waals surface area contributed by atoms with Crippen LogP contribution in [-0.2, 0) is 4.79 Å². The van der Waals surface area contributed by atoms with Gasteiger partial charge >= 0.3 is 0 Å². The highest BCUT2D eigenvalue weighted by molar-refractivity contribution is 5.96. The quantitative estimate of drug-likeness (QED) is 0.488. The zero-order valence-corrected chi connectivity index (χ0v) is 15.7. The standard InChI is InChI=1S/C22H18N6O/c1-14(22(29)27-18-7-6-15-4-2-3-5-16(15)10-18)28-12-17(11-26-28)20-19-8-9-23-21(19)25-13-24-20/h2-14H,1H3,(H,27,29)(H,23,24,25). The van der Waals surface area contributed by atoms with E-state index in [1.807, 2.05) is 67.8 Å². The summed E-state index contributed by atoms with van der Waals surface area (Å²) in [6, 6.07) is 15.4. The average Bonchev–Trinajstić information content (AvgIpc) is 3.42. The maximum Gasteiger partial charge on any atom is 0.248 e. The molecule has 0 aliphatic carbocycles. The molecule has 5 rings (SSSR count). The van der Waals surface area contributed by atoms with Gasteiger partial charge in [-0.05, 0) is 35.9 Å². The first-order chi connectivity index (χ1) is 14.2. The topological polar surface area (TPSA) is 88.5 Å².